The quantitative estimate of drug-likeness (QED) is 0.252. The summed E-state index contributed by atoms with van der Waals surface area (Å²) in [6, 6.07) is 9.81. The van der Waals surface area contributed by atoms with Gasteiger partial charge in [-0.05, 0) is 12.1 Å². The van der Waals surface area contributed by atoms with E-state index in [-0.39, 0.29) is 0 Å². The highest BCUT2D eigenvalue weighted by Crippen LogP contribution is 2.10. The number of hydrogen-bond donors (Lipinski definition) is 1. The van der Waals surface area contributed by atoms with Crippen molar-refractivity contribution in [1.29, 1.82) is 5.26 Å². The van der Waals surface area contributed by atoms with Crippen LogP contribution in [0, 0.1) is 11.3 Å². The molecule has 0 aliphatic carbocycles. The average molecular weight is 189 g/mol. The Morgan fingerprint density at radius 2 is 2.07 bits per heavy atom. The first-order valence-corrected chi connectivity index (χ1v) is 3.79. The van der Waals surface area contributed by atoms with Gasteiger partial charge in [0.25, 0.3) is 0 Å². The molecule has 0 aliphatic rings. The van der Waals surface area contributed by atoms with Crippen LogP contribution in [0.3, 0.4) is 0 Å². The van der Waals surface area contributed by atoms with Crippen molar-refractivity contribution in [3.63, 3.8) is 0 Å². The van der Waals surface area contributed by atoms with E-state index in [0.29, 0.717) is 12.0 Å². The molecular weight excluding hydrogens is 182 g/mol. The average Bonchev–Trinajstić information content (AvgIpc) is 2.21. The summed E-state index contributed by atoms with van der Waals surface area (Å²) in [7, 11) is 0. The highest BCUT2D eigenvalue weighted by Gasteiger charge is 2.10. The molecule has 1 N–H and O–H groups in total. The van der Waals surface area contributed by atoms with Crippen LogP contribution in [0.5, 0.6) is 5.75 Å². The minimum Gasteiger partial charge on any atom is -0.514 e. The molecule has 4 nitrogen and oxygen atoms in total. The van der Waals surface area contributed by atoms with Gasteiger partial charge in [-0.25, -0.2) is 4.79 Å². The Morgan fingerprint density at radius 1 is 1.43 bits per heavy atom. The van der Waals surface area contributed by atoms with Crippen LogP contribution in [0.25, 0.3) is 0 Å². The SMILES string of the molecule is N#CC(=CO)C(=O)Oc1ccccc1. The summed E-state index contributed by atoms with van der Waals surface area (Å²) in [5, 5.41) is 16.9. The summed E-state index contributed by atoms with van der Waals surface area (Å²) < 4.78 is 4.77. The predicted octanol–water partition coefficient (Wildman–Crippen LogP) is 1.56. The molecule has 0 atom stereocenters. The van der Waals surface area contributed by atoms with Crippen molar-refractivity contribution in [2.45, 2.75) is 0 Å². The summed E-state index contributed by atoms with van der Waals surface area (Å²) in [5.74, 6) is -0.548. The second-order valence-corrected chi connectivity index (χ2v) is 2.36. The van der Waals surface area contributed by atoms with Gasteiger partial charge >= 0.3 is 5.97 Å². The maximum atomic E-state index is 11.1. The van der Waals surface area contributed by atoms with Crippen LogP contribution in [0.15, 0.2) is 42.2 Å². The first-order valence-electron chi connectivity index (χ1n) is 3.79. The standard InChI is InChI=1S/C10H7NO3/c11-6-8(7-12)10(13)14-9-4-2-1-3-5-9/h1-5,7,12H. The van der Waals surface area contributed by atoms with Crippen LogP contribution >= 0.6 is 0 Å². The molecule has 1 aromatic rings. The van der Waals surface area contributed by atoms with Gasteiger partial charge in [0.15, 0.2) is 5.57 Å². The smallest absolute Gasteiger partial charge is 0.357 e. The summed E-state index contributed by atoms with van der Waals surface area (Å²) in [6.45, 7) is 0. The second-order valence-electron chi connectivity index (χ2n) is 2.36. The van der Waals surface area contributed by atoms with Crippen molar-refractivity contribution in [3.05, 3.63) is 42.2 Å². The summed E-state index contributed by atoms with van der Waals surface area (Å²) in [4.78, 5) is 11.1. The molecule has 0 aliphatic heterocycles. The molecule has 0 fully saturated rings. The number of ether oxygens (including phenoxy) is 1. The van der Waals surface area contributed by atoms with Gasteiger partial charge in [0.05, 0.1) is 0 Å². The first-order chi connectivity index (χ1) is 6.77. The molecule has 0 amide bonds. The fraction of sp³-hybridized carbons (Fsp3) is 0. The van der Waals surface area contributed by atoms with Crippen molar-refractivity contribution in [2.24, 2.45) is 0 Å². The largest absolute Gasteiger partial charge is 0.514 e. The molecule has 1 rings (SSSR count). The van der Waals surface area contributed by atoms with Crippen molar-refractivity contribution in [2.75, 3.05) is 0 Å². The Balaban J connectivity index is 2.73. The molecule has 0 unspecified atom stereocenters. The maximum absolute atomic E-state index is 11.1. The molecule has 0 radical (unpaired) electrons. The van der Waals surface area contributed by atoms with Crippen LogP contribution in [-0.4, -0.2) is 11.1 Å². The lowest BCUT2D eigenvalue weighted by atomic mass is 10.3. The third-order valence-electron chi connectivity index (χ3n) is 1.42. The molecule has 70 valence electrons. The fourth-order valence-electron chi connectivity index (χ4n) is 0.778. The number of carbonyl (C=O) groups is 1. The zero-order chi connectivity index (χ0) is 10.4. The third-order valence-corrected chi connectivity index (χ3v) is 1.42. The second kappa shape index (κ2) is 4.67. The Hall–Kier alpha value is -2.28. The number of esters is 1. The molecule has 0 saturated heterocycles. The monoisotopic (exact) mass is 189 g/mol. The fourth-order valence-corrected chi connectivity index (χ4v) is 0.778. The van der Waals surface area contributed by atoms with Crippen LogP contribution in [0.4, 0.5) is 0 Å². The number of aliphatic hydroxyl groups excluding tert-OH is 1. The van der Waals surface area contributed by atoms with Gasteiger partial charge < -0.3 is 9.84 Å². The highest BCUT2D eigenvalue weighted by atomic mass is 16.5. The van der Waals surface area contributed by atoms with E-state index >= 15 is 0 Å². The molecule has 0 bridgehead atoms. The maximum Gasteiger partial charge on any atom is 0.357 e. The van der Waals surface area contributed by atoms with Gasteiger partial charge in [0.1, 0.15) is 18.1 Å². The Kier molecular flexibility index (Phi) is 3.27. The molecule has 4 heteroatoms. The van der Waals surface area contributed by atoms with Crippen LogP contribution in [0.2, 0.25) is 0 Å². The number of para-hydroxylation sites is 1. The van der Waals surface area contributed by atoms with Gasteiger partial charge in [-0.2, -0.15) is 5.26 Å². The highest BCUT2D eigenvalue weighted by molar-refractivity contribution is 5.93. The van der Waals surface area contributed by atoms with E-state index in [2.05, 4.69) is 0 Å². The molecule has 0 aromatic heterocycles. The molecule has 0 spiro atoms. The Bertz CT molecular complexity index is 390. The number of rotatable bonds is 2. The van der Waals surface area contributed by atoms with Crippen LogP contribution < -0.4 is 4.74 Å². The van der Waals surface area contributed by atoms with Crippen molar-refractivity contribution >= 4 is 5.97 Å². The van der Waals surface area contributed by atoms with Crippen molar-refractivity contribution in [1.82, 2.24) is 0 Å². The van der Waals surface area contributed by atoms with E-state index in [1.165, 1.54) is 6.07 Å². The zero-order valence-corrected chi connectivity index (χ0v) is 7.18. The van der Waals surface area contributed by atoms with Gasteiger partial charge in [0.2, 0.25) is 0 Å². The normalized spacial score (nSPS) is 10.4. The van der Waals surface area contributed by atoms with Gasteiger partial charge in [-0.3, -0.25) is 0 Å². The molecule has 14 heavy (non-hydrogen) atoms. The minimum atomic E-state index is -0.874. The van der Waals surface area contributed by atoms with E-state index in [4.69, 9.17) is 15.1 Å². The summed E-state index contributed by atoms with van der Waals surface area (Å²) in [6.07, 6.45) is 0.422. The number of carbonyl (C=O) groups excluding carboxylic acids is 1. The molecule has 0 saturated carbocycles. The topological polar surface area (TPSA) is 70.3 Å². The van der Waals surface area contributed by atoms with E-state index < -0.39 is 11.5 Å². The number of aliphatic hydroxyl groups is 1. The van der Waals surface area contributed by atoms with Gasteiger partial charge in [-0.1, -0.05) is 18.2 Å². The molecular formula is C10H7NO3. The van der Waals surface area contributed by atoms with Crippen LogP contribution in [-0.2, 0) is 4.79 Å². The van der Waals surface area contributed by atoms with Crippen molar-refractivity contribution in [3.8, 4) is 11.8 Å². The molecule has 1 aromatic carbocycles. The third kappa shape index (κ3) is 2.35. The van der Waals surface area contributed by atoms with E-state index in [9.17, 15) is 4.79 Å². The number of benzene rings is 1. The Labute approximate surface area is 80.7 Å². The van der Waals surface area contributed by atoms with E-state index in [1.54, 1.807) is 30.3 Å². The van der Waals surface area contributed by atoms with Crippen molar-refractivity contribution < 1.29 is 14.6 Å². The lowest BCUT2D eigenvalue weighted by Crippen LogP contribution is -2.09. The first kappa shape index (κ1) is 9.81. The minimum absolute atomic E-state index is 0.326. The zero-order valence-electron chi connectivity index (χ0n) is 7.18. The summed E-state index contributed by atoms with van der Waals surface area (Å²) >= 11 is 0. The number of nitrogens with zero attached hydrogens (tertiary/aromatic N) is 1. The van der Waals surface area contributed by atoms with Gasteiger partial charge in [-0.15, -0.1) is 0 Å². The lowest BCUT2D eigenvalue weighted by molar-refractivity contribution is -0.129. The lowest BCUT2D eigenvalue weighted by Gasteiger charge is -2.00. The van der Waals surface area contributed by atoms with Gasteiger partial charge in [0, 0.05) is 0 Å². The number of nitriles is 1. The van der Waals surface area contributed by atoms with E-state index in [1.807, 2.05) is 0 Å². The number of hydrogen-bond acceptors (Lipinski definition) is 4. The summed E-state index contributed by atoms with van der Waals surface area (Å²) in [5.41, 5.74) is -0.436. The van der Waals surface area contributed by atoms with E-state index in [0.717, 1.165) is 0 Å². The predicted molar refractivity (Wildman–Crippen MR) is 48.4 cm³/mol. The van der Waals surface area contributed by atoms with Crippen LogP contribution in [0.1, 0.15) is 0 Å². The Morgan fingerprint density at radius 3 is 2.57 bits per heavy atom. The molecule has 0 heterocycles.